The molecule has 0 bridgehead atoms. The lowest BCUT2D eigenvalue weighted by Crippen LogP contribution is -2.24. The first-order valence-electron chi connectivity index (χ1n) is 9.87. The second-order valence-electron chi connectivity index (χ2n) is 7.19. The summed E-state index contributed by atoms with van der Waals surface area (Å²) in [5.41, 5.74) is 1.12. The minimum Gasteiger partial charge on any atom is -0.494 e. The molecular weight excluding hydrogens is 409 g/mol. The molecule has 1 aliphatic heterocycles. The average molecular weight is 430 g/mol. The van der Waals surface area contributed by atoms with Gasteiger partial charge >= 0.3 is 0 Å². The van der Waals surface area contributed by atoms with Gasteiger partial charge in [0.25, 0.3) is 5.89 Å². The Bertz CT molecular complexity index is 1040. The predicted octanol–water partition coefficient (Wildman–Crippen LogP) is 5.23. The van der Waals surface area contributed by atoms with Crippen molar-refractivity contribution in [3.8, 4) is 17.2 Å². The second-order valence-corrected chi connectivity index (χ2v) is 7.59. The summed E-state index contributed by atoms with van der Waals surface area (Å²) in [5.74, 6) is 0.736. The van der Waals surface area contributed by atoms with Crippen LogP contribution >= 0.6 is 11.6 Å². The highest BCUT2D eigenvalue weighted by Gasteiger charge is 2.35. The lowest BCUT2D eigenvalue weighted by Gasteiger charge is -2.17. The van der Waals surface area contributed by atoms with Crippen molar-refractivity contribution in [2.45, 2.75) is 32.1 Å². The molecule has 1 aromatic heterocycles. The summed E-state index contributed by atoms with van der Waals surface area (Å²) in [6.45, 7) is 3.11. The lowest BCUT2D eigenvalue weighted by atomic mass is 10.1. The Morgan fingerprint density at radius 1 is 1.27 bits per heavy atom. The largest absolute Gasteiger partial charge is 0.494 e. The Balaban J connectivity index is 1.46. The van der Waals surface area contributed by atoms with E-state index in [1.165, 1.54) is 23.1 Å². The van der Waals surface area contributed by atoms with Crippen LogP contribution in [0.2, 0.25) is 5.02 Å². The van der Waals surface area contributed by atoms with E-state index in [2.05, 4.69) is 17.1 Å². The van der Waals surface area contributed by atoms with Gasteiger partial charge in [0.15, 0.2) is 5.82 Å². The molecule has 156 valence electrons. The van der Waals surface area contributed by atoms with Crippen molar-refractivity contribution in [3.05, 3.63) is 59.1 Å². The monoisotopic (exact) mass is 429 g/mol. The van der Waals surface area contributed by atoms with Gasteiger partial charge in [-0.3, -0.25) is 4.79 Å². The summed E-state index contributed by atoms with van der Waals surface area (Å²) in [7, 11) is 0. The van der Waals surface area contributed by atoms with E-state index in [0.717, 1.165) is 24.2 Å². The van der Waals surface area contributed by atoms with Gasteiger partial charge in [-0.1, -0.05) is 30.1 Å². The van der Waals surface area contributed by atoms with E-state index in [4.69, 9.17) is 20.9 Å². The quantitative estimate of drug-likeness (QED) is 0.481. The molecule has 6 nitrogen and oxygen atoms in total. The fraction of sp³-hybridized carbons (Fsp3) is 0.318. The Kier molecular flexibility index (Phi) is 5.99. The maximum absolute atomic E-state index is 13.6. The van der Waals surface area contributed by atoms with Crippen LogP contribution < -0.4 is 9.64 Å². The van der Waals surface area contributed by atoms with Gasteiger partial charge < -0.3 is 14.2 Å². The zero-order valence-corrected chi connectivity index (χ0v) is 17.2. The molecule has 1 fully saturated rings. The van der Waals surface area contributed by atoms with Crippen LogP contribution in [-0.4, -0.2) is 29.2 Å². The summed E-state index contributed by atoms with van der Waals surface area (Å²) in [5, 5.41) is 4.38. The topological polar surface area (TPSA) is 68.5 Å². The van der Waals surface area contributed by atoms with Crippen LogP contribution in [0.5, 0.6) is 5.75 Å². The summed E-state index contributed by atoms with van der Waals surface area (Å²) >= 11 is 6.15. The fourth-order valence-corrected chi connectivity index (χ4v) is 3.57. The van der Waals surface area contributed by atoms with Crippen LogP contribution in [-0.2, 0) is 4.79 Å². The van der Waals surface area contributed by atoms with Crippen LogP contribution in [0.4, 0.5) is 10.1 Å². The van der Waals surface area contributed by atoms with Crippen molar-refractivity contribution in [1.29, 1.82) is 0 Å². The molecule has 2 aromatic carbocycles. The number of halogens is 2. The van der Waals surface area contributed by atoms with E-state index in [9.17, 15) is 9.18 Å². The van der Waals surface area contributed by atoms with Crippen LogP contribution in [0.3, 0.4) is 0 Å². The Morgan fingerprint density at radius 2 is 2.07 bits per heavy atom. The number of nitrogens with zero attached hydrogens (tertiary/aromatic N) is 3. The summed E-state index contributed by atoms with van der Waals surface area (Å²) < 4.78 is 24.7. The zero-order chi connectivity index (χ0) is 21.1. The number of benzene rings is 2. The summed E-state index contributed by atoms with van der Waals surface area (Å²) in [6.07, 6.45) is 2.29. The molecular formula is C22H21ClFN3O3. The number of rotatable bonds is 7. The van der Waals surface area contributed by atoms with E-state index in [-0.39, 0.29) is 18.2 Å². The van der Waals surface area contributed by atoms with E-state index in [1.54, 1.807) is 0 Å². The number of amides is 1. The number of unbranched alkanes of at least 4 members (excludes halogenated alkanes) is 1. The molecule has 1 amide bonds. The minimum atomic E-state index is -0.449. The maximum Gasteiger partial charge on any atom is 0.257 e. The van der Waals surface area contributed by atoms with Gasteiger partial charge in [0.05, 0.1) is 17.3 Å². The summed E-state index contributed by atoms with van der Waals surface area (Å²) in [6, 6.07) is 11.4. The molecule has 1 saturated heterocycles. The van der Waals surface area contributed by atoms with Crippen molar-refractivity contribution in [1.82, 2.24) is 10.1 Å². The molecule has 3 aromatic rings. The number of carbonyl (C=O) groups excluding carboxylic acids is 1. The average Bonchev–Trinajstić information content (AvgIpc) is 3.38. The molecule has 30 heavy (non-hydrogen) atoms. The van der Waals surface area contributed by atoms with Crippen molar-refractivity contribution in [3.63, 3.8) is 0 Å². The van der Waals surface area contributed by atoms with Crippen molar-refractivity contribution in [2.75, 3.05) is 18.1 Å². The van der Waals surface area contributed by atoms with Crippen LogP contribution in [0.15, 0.2) is 47.0 Å². The van der Waals surface area contributed by atoms with Crippen molar-refractivity contribution >= 4 is 23.2 Å². The van der Waals surface area contributed by atoms with Gasteiger partial charge in [0.1, 0.15) is 11.6 Å². The predicted molar refractivity (Wildman–Crippen MR) is 111 cm³/mol. The van der Waals surface area contributed by atoms with E-state index in [0.29, 0.717) is 35.6 Å². The highest BCUT2D eigenvalue weighted by atomic mass is 35.5. The number of hydrogen-bond acceptors (Lipinski definition) is 5. The molecule has 0 N–H and O–H groups in total. The molecule has 1 atom stereocenters. The molecule has 0 saturated carbocycles. The highest BCUT2D eigenvalue weighted by molar-refractivity contribution is 6.33. The van der Waals surface area contributed by atoms with Gasteiger partial charge in [0.2, 0.25) is 5.91 Å². The fourth-order valence-electron chi connectivity index (χ4n) is 3.35. The van der Waals surface area contributed by atoms with Crippen LogP contribution in [0.25, 0.3) is 11.5 Å². The van der Waals surface area contributed by atoms with Crippen LogP contribution in [0.1, 0.15) is 37.9 Å². The van der Waals surface area contributed by atoms with E-state index < -0.39 is 5.82 Å². The van der Waals surface area contributed by atoms with E-state index in [1.807, 2.05) is 24.3 Å². The second kappa shape index (κ2) is 8.83. The van der Waals surface area contributed by atoms with Crippen LogP contribution in [0, 0.1) is 5.82 Å². The van der Waals surface area contributed by atoms with Gasteiger partial charge in [-0.15, -0.1) is 0 Å². The number of carbonyl (C=O) groups is 1. The molecule has 0 radical (unpaired) electrons. The maximum atomic E-state index is 13.6. The molecule has 1 aliphatic rings. The molecule has 4 rings (SSSR count). The number of hydrogen-bond donors (Lipinski definition) is 0. The smallest absolute Gasteiger partial charge is 0.257 e. The van der Waals surface area contributed by atoms with Gasteiger partial charge in [-0.25, -0.2) is 4.39 Å². The Hall–Kier alpha value is -2.93. The molecule has 0 spiro atoms. The standard InChI is InChI=1S/C22H21ClFN3O3/c1-2-3-10-29-17-7-4-14(5-8-17)22-25-21(26-30-22)15-11-20(28)27(13-15)19-12-16(24)6-9-18(19)23/h4-9,12,15H,2-3,10-11,13H2,1H3. The first-order valence-corrected chi connectivity index (χ1v) is 10.2. The number of aromatic nitrogens is 2. The van der Waals surface area contributed by atoms with E-state index >= 15 is 0 Å². The van der Waals surface area contributed by atoms with Gasteiger partial charge in [-0.2, -0.15) is 4.98 Å². The molecule has 1 unspecified atom stereocenters. The number of ether oxygens (including phenoxy) is 1. The van der Waals surface area contributed by atoms with Gasteiger partial charge in [-0.05, 0) is 48.9 Å². The minimum absolute atomic E-state index is 0.160. The third-order valence-corrected chi connectivity index (χ3v) is 5.32. The SMILES string of the molecule is CCCCOc1ccc(-c2nc(C3CC(=O)N(c4cc(F)ccc4Cl)C3)no2)cc1. The third kappa shape index (κ3) is 4.31. The zero-order valence-electron chi connectivity index (χ0n) is 16.5. The van der Waals surface area contributed by atoms with Crippen molar-refractivity contribution in [2.24, 2.45) is 0 Å². The summed E-state index contributed by atoms with van der Waals surface area (Å²) in [4.78, 5) is 18.4. The highest BCUT2D eigenvalue weighted by Crippen LogP contribution is 2.35. The Morgan fingerprint density at radius 3 is 2.83 bits per heavy atom. The molecule has 0 aliphatic carbocycles. The normalized spacial score (nSPS) is 16.3. The molecule has 8 heteroatoms. The Labute approximate surface area is 178 Å². The van der Waals surface area contributed by atoms with Gasteiger partial charge in [0, 0.05) is 24.4 Å². The molecule has 2 heterocycles. The first kappa shape index (κ1) is 20.3. The van der Waals surface area contributed by atoms with Crippen molar-refractivity contribution < 1.29 is 18.4 Å². The number of anilines is 1. The lowest BCUT2D eigenvalue weighted by molar-refractivity contribution is -0.117. The third-order valence-electron chi connectivity index (χ3n) is 5.00. The first-order chi connectivity index (χ1) is 14.5.